The Bertz CT molecular complexity index is 407. The molecule has 5 atom stereocenters. The molecule has 0 amide bonds. The Balaban J connectivity index is 2.27. The molecule has 100 valence electrons. The maximum atomic E-state index is 9.87. The van der Waals surface area contributed by atoms with Gasteiger partial charge in [-0.15, -0.1) is 0 Å². The lowest BCUT2D eigenvalue weighted by Crippen LogP contribution is -2.55. The molecule has 1 aromatic carbocycles. The lowest BCUT2D eigenvalue weighted by molar-refractivity contribution is -0.231. The largest absolute Gasteiger partial charge is 0.508 e. The van der Waals surface area contributed by atoms with Gasteiger partial charge in [0.1, 0.15) is 36.3 Å². The Hall–Kier alpha value is -1.18. The van der Waals surface area contributed by atoms with Gasteiger partial charge in [0.15, 0.2) is 0 Å². The van der Waals surface area contributed by atoms with Crippen molar-refractivity contribution in [2.75, 3.05) is 6.61 Å². The van der Waals surface area contributed by atoms with Crippen molar-refractivity contribution in [3.05, 3.63) is 29.8 Å². The second-order valence-corrected chi connectivity index (χ2v) is 4.34. The van der Waals surface area contributed by atoms with E-state index >= 15 is 0 Å². The van der Waals surface area contributed by atoms with Crippen LogP contribution in [0.25, 0.3) is 0 Å². The first-order valence-electron chi connectivity index (χ1n) is 5.64. The molecule has 1 aromatic rings. The van der Waals surface area contributed by atoms with Crippen molar-refractivity contribution >= 4 is 0 Å². The number of benzene rings is 1. The van der Waals surface area contributed by atoms with Crippen LogP contribution in [0.1, 0.15) is 11.7 Å². The first-order chi connectivity index (χ1) is 8.54. The molecule has 0 saturated carbocycles. The molecule has 0 aliphatic carbocycles. The monoisotopic (exact) mass is 256 g/mol. The average molecular weight is 256 g/mol. The van der Waals surface area contributed by atoms with Gasteiger partial charge in [0, 0.05) is 0 Å². The molecule has 0 radical (unpaired) electrons. The summed E-state index contributed by atoms with van der Waals surface area (Å²) in [6.45, 7) is -0.472. The lowest BCUT2D eigenvalue weighted by Gasteiger charge is -2.40. The number of rotatable bonds is 2. The van der Waals surface area contributed by atoms with E-state index in [-0.39, 0.29) is 5.75 Å². The molecule has 0 unspecified atom stereocenters. The molecule has 0 aromatic heterocycles. The fraction of sp³-hybridized carbons (Fsp3) is 0.500. The molecule has 0 bridgehead atoms. The second-order valence-electron chi connectivity index (χ2n) is 4.34. The van der Waals surface area contributed by atoms with Gasteiger partial charge in [-0.2, -0.15) is 0 Å². The zero-order chi connectivity index (χ0) is 13.3. The van der Waals surface area contributed by atoms with E-state index in [2.05, 4.69) is 0 Å². The molecule has 2 rings (SSSR count). The summed E-state index contributed by atoms with van der Waals surface area (Å²) >= 11 is 0. The molecule has 18 heavy (non-hydrogen) atoms. The molecule has 0 spiro atoms. The number of ether oxygens (including phenoxy) is 1. The summed E-state index contributed by atoms with van der Waals surface area (Å²) in [6, 6.07) is 6.05. The van der Waals surface area contributed by atoms with Gasteiger partial charge in [-0.25, -0.2) is 0 Å². The number of aliphatic hydroxyl groups is 4. The van der Waals surface area contributed by atoms with E-state index in [1.807, 2.05) is 0 Å². The Morgan fingerprint density at radius 3 is 2.39 bits per heavy atom. The van der Waals surface area contributed by atoms with Crippen LogP contribution in [0.3, 0.4) is 0 Å². The van der Waals surface area contributed by atoms with Crippen LogP contribution in [0.4, 0.5) is 0 Å². The highest BCUT2D eigenvalue weighted by Gasteiger charge is 2.43. The molecule has 1 aliphatic heterocycles. The predicted octanol–water partition coefficient (Wildman–Crippen LogP) is -1.09. The quantitative estimate of drug-likeness (QED) is 0.460. The van der Waals surface area contributed by atoms with E-state index in [9.17, 15) is 20.4 Å². The van der Waals surface area contributed by atoms with Gasteiger partial charge >= 0.3 is 0 Å². The lowest BCUT2D eigenvalue weighted by atomic mass is 9.91. The Labute approximate surface area is 104 Å². The molecule has 1 fully saturated rings. The number of phenols is 1. The maximum absolute atomic E-state index is 9.87. The zero-order valence-corrected chi connectivity index (χ0v) is 9.55. The average Bonchev–Trinajstić information content (AvgIpc) is 2.36. The summed E-state index contributed by atoms with van der Waals surface area (Å²) in [5.74, 6) is 0.00413. The van der Waals surface area contributed by atoms with Crippen molar-refractivity contribution in [1.29, 1.82) is 0 Å². The second kappa shape index (κ2) is 5.21. The van der Waals surface area contributed by atoms with Crippen LogP contribution in [0.2, 0.25) is 0 Å². The molecule has 1 saturated heterocycles. The van der Waals surface area contributed by atoms with Crippen molar-refractivity contribution in [3.63, 3.8) is 0 Å². The Morgan fingerprint density at radius 1 is 1.06 bits per heavy atom. The van der Waals surface area contributed by atoms with Gasteiger partial charge in [-0.05, 0) is 17.7 Å². The van der Waals surface area contributed by atoms with Crippen LogP contribution in [0, 0.1) is 0 Å². The number of aliphatic hydroxyl groups excluding tert-OH is 4. The first kappa shape index (κ1) is 13.3. The molecule has 1 heterocycles. The highest BCUT2D eigenvalue weighted by molar-refractivity contribution is 5.30. The number of hydrogen-bond donors (Lipinski definition) is 5. The number of phenolic OH excluding ortho intramolecular Hbond substituents is 1. The molecule has 5 N–H and O–H groups in total. The summed E-state index contributed by atoms with van der Waals surface area (Å²) in [5.41, 5.74) is 0.465. The normalized spacial score (nSPS) is 36.6. The smallest absolute Gasteiger partial charge is 0.115 e. The molecule has 6 heteroatoms. The van der Waals surface area contributed by atoms with Gasteiger partial charge in [-0.3, -0.25) is 0 Å². The fourth-order valence-electron chi connectivity index (χ4n) is 2.08. The highest BCUT2D eigenvalue weighted by Crippen LogP contribution is 2.33. The van der Waals surface area contributed by atoms with E-state index < -0.39 is 37.1 Å². The topological polar surface area (TPSA) is 110 Å². The Morgan fingerprint density at radius 2 is 1.78 bits per heavy atom. The third-order valence-electron chi connectivity index (χ3n) is 3.09. The van der Waals surface area contributed by atoms with Crippen molar-refractivity contribution < 1.29 is 30.3 Å². The maximum Gasteiger partial charge on any atom is 0.115 e. The van der Waals surface area contributed by atoms with Crippen LogP contribution >= 0.6 is 0 Å². The van der Waals surface area contributed by atoms with Gasteiger partial charge < -0.3 is 30.3 Å². The van der Waals surface area contributed by atoms with Crippen LogP contribution < -0.4 is 0 Å². The molecular weight excluding hydrogens is 240 g/mol. The van der Waals surface area contributed by atoms with Crippen molar-refractivity contribution in [2.45, 2.75) is 30.5 Å². The van der Waals surface area contributed by atoms with Crippen LogP contribution in [0.15, 0.2) is 24.3 Å². The van der Waals surface area contributed by atoms with Crippen LogP contribution in [-0.4, -0.2) is 56.6 Å². The van der Waals surface area contributed by atoms with Crippen molar-refractivity contribution in [3.8, 4) is 5.75 Å². The van der Waals surface area contributed by atoms with Gasteiger partial charge in [0.2, 0.25) is 0 Å². The molecular formula is C12H16O6. The van der Waals surface area contributed by atoms with Gasteiger partial charge in [0.05, 0.1) is 6.61 Å². The highest BCUT2D eigenvalue weighted by atomic mass is 16.5. The third kappa shape index (κ3) is 2.33. The van der Waals surface area contributed by atoms with Crippen LogP contribution in [0.5, 0.6) is 5.75 Å². The predicted molar refractivity (Wildman–Crippen MR) is 60.8 cm³/mol. The van der Waals surface area contributed by atoms with E-state index in [0.717, 1.165) is 0 Å². The van der Waals surface area contributed by atoms with Crippen LogP contribution in [-0.2, 0) is 4.74 Å². The summed E-state index contributed by atoms with van der Waals surface area (Å²) in [4.78, 5) is 0. The minimum Gasteiger partial charge on any atom is -0.508 e. The van der Waals surface area contributed by atoms with E-state index in [0.29, 0.717) is 5.56 Å². The van der Waals surface area contributed by atoms with Crippen molar-refractivity contribution in [1.82, 2.24) is 0 Å². The molecule has 6 nitrogen and oxygen atoms in total. The van der Waals surface area contributed by atoms with E-state index in [4.69, 9.17) is 9.84 Å². The Kier molecular flexibility index (Phi) is 3.84. The standard InChI is InChI=1S/C12H16O6/c13-5-8-9(15)10(16)11(17)12(18-8)6-2-1-3-7(14)4-6/h1-4,8-17H,5H2/t8-,9-,10+,11+,12-/m1/s1. The summed E-state index contributed by atoms with van der Waals surface area (Å²) < 4.78 is 5.35. The summed E-state index contributed by atoms with van der Waals surface area (Å²) in [6.07, 6.45) is -5.98. The minimum atomic E-state index is -1.41. The summed E-state index contributed by atoms with van der Waals surface area (Å²) in [5, 5.41) is 47.6. The number of aromatic hydroxyl groups is 1. The number of hydrogen-bond acceptors (Lipinski definition) is 6. The first-order valence-corrected chi connectivity index (χ1v) is 5.64. The minimum absolute atomic E-state index is 0.00413. The fourth-order valence-corrected chi connectivity index (χ4v) is 2.08. The SMILES string of the molecule is OC[C@H]1O[C@H](c2cccc(O)c2)[C@@H](O)[C@@H](O)[C@@H]1O. The van der Waals surface area contributed by atoms with Gasteiger partial charge in [0.25, 0.3) is 0 Å². The summed E-state index contributed by atoms with van der Waals surface area (Å²) in [7, 11) is 0. The molecule has 1 aliphatic rings. The van der Waals surface area contributed by atoms with E-state index in [1.54, 1.807) is 12.1 Å². The van der Waals surface area contributed by atoms with Crippen molar-refractivity contribution in [2.24, 2.45) is 0 Å². The van der Waals surface area contributed by atoms with E-state index in [1.165, 1.54) is 12.1 Å². The third-order valence-corrected chi connectivity index (χ3v) is 3.09. The van der Waals surface area contributed by atoms with Gasteiger partial charge in [-0.1, -0.05) is 12.1 Å². The zero-order valence-electron chi connectivity index (χ0n) is 9.55.